The maximum absolute atomic E-state index is 12.5. The Morgan fingerprint density at radius 3 is 2.32 bits per heavy atom. The summed E-state index contributed by atoms with van der Waals surface area (Å²) >= 11 is 0. The molecule has 0 unspecified atom stereocenters. The molecule has 172 valence electrons. The number of nitrogens with one attached hydrogen (secondary N) is 1. The van der Waals surface area contributed by atoms with Gasteiger partial charge in [0.05, 0.1) is 12.6 Å². The molecule has 0 fully saturated rings. The van der Waals surface area contributed by atoms with Crippen LogP contribution in [0.5, 0.6) is 11.5 Å². The van der Waals surface area contributed by atoms with Gasteiger partial charge in [-0.3, -0.25) is 4.79 Å². The highest BCUT2D eigenvalue weighted by molar-refractivity contribution is 6.09. The summed E-state index contributed by atoms with van der Waals surface area (Å²) in [5.74, 6) is -0.812. The summed E-state index contributed by atoms with van der Waals surface area (Å²) < 4.78 is 11.5. The normalized spacial score (nSPS) is 10.8. The molecule has 3 aromatic carbocycles. The van der Waals surface area contributed by atoms with Crippen LogP contribution in [0, 0.1) is 18.3 Å². The van der Waals surface area contributed by atoms with Crippen LogP contribution in [0.2, 0.25) is 0 Å². The summed E-state index contributed by atoms with van der Waals surface area (Å²) in [6, 6.07) is 20.5. The number of carbonyl (C=O) groups is 2. The Bertz CT molecular complexity index is 1240. The van der Waals surface area contributed by atoms with Crippen molar-refractivity contribution in [1.82, 2.24) is 0 Å². The van der Waals surface area contributed by atoms with Crippen molar-refractivity contribution in [2.45, 2.75) is 20.5 Å². The molecule has 3 rings (SSSR count). The SMILES string of the molecule is CCOc1cc(/C=C(/C#N)C(=O)Nc2ccc(C)cc2)ccc1OCc1ccc(C(=O)[O-])cc1. The van der Waals surface area contributed by atoms with E-state index in [0.29, 0.717) is 29.4 Å². The Balaban J connectivity index is 1.75. The molecular formula is C27H23N2O5-. The lowest BCUT2D eigenvalue weighted by molar-refractivity contribution is -0.255. The quantitative estimate of drug-likeness (QED) is 0.387. The number of rotatable bonds is 9. The van der Waals surface area contributed by atoms with Gasteiger partial charge in [-0.25, -0.2) is 0 Å². The van der Waals surface area contributed by atoms with Crippen LogP contribution in [0.25, 0.3) is 6.08 Å². The Kier molecular flexibility index (Phi) is 8.03. The van der Waals surface area contributed by atoms with E-state index in [4.69, 9.17) is 9.47 Å². The molecule has 0 saturated carbocycles. The molecule has 0 heterocycles. The molecule has 1 amide bonds. The molecule has 34 heavy (non-hydrogen) atoms. The number of ether oxygens (including phenoxy) is 2. The second-order valence-electron chi connectivity index (χ2n) is 7.40. The van der Waals surface area contributed by atoms with E-state index in [1.165, 1.54) is 18.2 Å². The third kappa shape index (κ3) is 6.47. The van der Waals surface area contributed by atoms with E-state index in [9.17, 15) is 20.0 Å². The van der Waals surface area contributed by atoms with Crippen molar-refractivity contribution >= 4 is 23.6 Å². The molecule has 0 aliphatic rings. The van der Waals surface area contributed by atoms with Crippen LogP contribution in [-0.2, 0) is 11.4 Å². The third-order valence-electron chi connectivity index (χ3n) is 4.84. The van der Waals surface area contributed by atoms with Crippen molar-refractivity contribution < 1.29 is 24.2 Å². The first-order valence-corrected chi connectivity index (χ1v) is 10.6. The Morgan fingerprint density at radius 2 is 1.71 bits per heavy atom. The largest absolute Gasteiger partial charge is 0.545 e. The van der Waals surface area contributed by atoms with Gasteiger partial charge in [0, 0.05) is 5.69 Å². The van der Waals surface area contributed by atoms with Crippen molar-refractivity contribution in [1.29, 1.82) is 5.26 Å². The maximum atomic E-state index is 12.5. The van der Waals surface area contributed by atoms with Crippen LogP contribution >= 0.6 is 0 Å². The highest BCUT2D eigenvalue weighted by Gasteiger charge is 2.12. The number of anilines is 1. The molecule has 0 radical (unpaired) electrons. The fraction of sp³-hybridized carbons (Fsp3) is 0.148. The number of aromatic carboxylic acids is 1. The van der Waals surface area contributed by atoms with Crippen LogP contribution in [0.4, 0.5) is 5.69 Å². The minimum Gasteiger partial charge on any atom is -0.545 e. The van der Waals surface area contributed by atoms with Gasteiger partial charge in [0.25, 0.3) is 5.91 Å². The van der Waals surface area contributed by atoms with Crippen molar-refractivity contribution in [3.05, 3.63) is 94.6 Å². The highest BCUT2D eigenvalue weighted by atomic mass is 16.5. The van der Waals surface area contributed by atoms with E-state index < -0.39 is 11.9 Å². The summed E-state index contributed by atoms with van der Waals surface area (Å²) in [4.78, 5) is 23.4. The average Bonchev–Trinajstić information content (AvgIpc) is 2.83. The number of carboxylic acid groups (broad SMARTS) is 1. The van der Waals surface area contributed by atoms with Gasteiger partial charge in [-0.2, -0.15) is 5.26 Å². The lowest BCUT2D eigenvalue weighted by Gasteiger charge is -2.13. The highest BCUT2D eigenvalue weighted by Crippen LogP contribution is 2.30. The number of hydrogen-bond acceptors (Lipinski definition) is 6. The lowest BCUT2D eigenvalue weighted by atomic mass is 10.1. The molecule has 3 aromatic rings. The molecule has 0 aliphatic heterocycles. The molecule has 0 saturated heterocycles. The Labute approximate surface area is 197 Å². The minimum absolute atomic E-state index is 0.0512. The molecule has 0 aromatic heterocycles. The molecule has 0 aliphatic carbocycles. The first-order valence-electron chi connectivity index (χ1n) is 10.6. The Hall–Kier alpha value is -4.57. The van der Waals surface area contributed by atoms with Gasteiger partial charge >= 0.3 is 0 Å². The van der Waals surface area contributed by atoms with E-state index >= 15 is 0 Å². The van der Waals surface area contributed by atoms with Crippen LogP contribution < -0.4 is 19.9 Å². The van der Waals surface area contributed by atoms with Gasteiger partial charge in [0.2, 0.25) is 0 Å². The zero-order valence-electron chi connectivity index (χ0n) is 18.8. The summed E-state index contributed by atoms with van der Waals surface area (Å²) in [7, 11) is 0. The zero-order chi connectivity index (χ0) is 24.5. The molecule has 7 nitrogen and oxygen atoms in total. The molecule has 0 bridgehead atoms. The van der Waals surface area contributed by atoms with Crippen molar-refractivity contribution in [3.63, 3.8) is 0 Å². The summed E-state index contributed by atoms with van der Waals surface area (Å²) in [6.07, 6.45) is 1.48. The van der Waals surface area contributed by atoms with Crippen molar-refractivity contribution in [2.24, 2.45) is 0 Å². The predicted octanol–water partition coefficient (Wildman–Crippen LogP) is 3.88. The molecule has 7 heteroatoms. The summed E-state index contributed by atoms with van der Waals surface area (Å²) in [6.45, 7) is 4.37. The van der Waals surface area contributed by atoms with Crippen LogP contribution in [0.1, 0.15) is 34.0 Å². The zero-order valence-corrected chi connectivity index (χ0v) is 18.8. The molecule has 0 spiro atoms. The molecule has 1 N–H and O–H groups in total. The smallest absolute Gasteiger partial charge is 0.266 e. The predicted molar refractivity (Wildman–Crippen MR) is 126 cm³/mol. The van der Waals surface area contributed by atoms with Gasteiger partial charge < -0.3 is 24.7 Å². The van der Waals surface area contributed by atoms with E-state index in [1.807, 2.05) is 32.0 Å². The maximum Gasteiger partial charge on any atom is 0.266 e. The molecule has 0 atom stereocenters. The van der Waals surface area contributed by atoms with Gasteiger partial charge in [-0.1, -0.05) is 48.0 Å². The number of benzene rings is 3. The van der Waals surface area contributed by atoms with Gasteiger partial charge in [-0.15, -0.1) is 0 Å². The van der Waals surface area contributed by atoms with Crippen molar-refractivity contribution in [3.8, 4) is 17.6 Å². The molecular weight excluding hydrogens is 432 g/mol. The second kappa shape index (κ2) is 11.3. The van der Waals surface area contributed by atoms with E-state index in [2.05, 4.69) is 5.32 Å². The number of hydrogen-bond donors (Lipinski definition) is 1. The first-order chi connectivity index (χ1) is 16.4. The topological polar surface area (TPSA) is 111 Å². The Morgan fingerprint density at radius 1 is 1.00 bits per heavy atom. The van der Waals surface area contributed by atoms with Crippen LogP contribution in [-0.4, -0.2) is 18.5 Å². The number of aryl methyl sites for hydroxylation is 1. The van der Waals surface area contributed by atoms with E-state index in [1.54, 1.807) is 42.5 Å². The number of nitrogens with zero attached hydrogens (tertiary/aromatic N) is 1. The second-order valence-corrected chi connectivity index (χ2v) is 7.40. The number of nitriles is 1. The number of carbonyl (C=O) groups excluding carboxylic acids is 2. The summed E-state index contributed by atoms with van der Waals surface area (Å²) in [5.41, 5.74) is 3.08. The van der Waals surface area contributed by atoms with Gasteiger partial charge in [0.1, 0.15) is 18.2 Å². The number of carboxylic acids is 1. The van der Waals surface area contributed by atoms with Gasteiger partial charge in [0.15, 0.2) is 11.5 Å². The fourth-order valence-electron chi connectivity index (χ4n) is 3.05. The minimum atomic E-state index is -1.24. The standard InChI is InChI=1S/C27H24N2O5/c1-3-33-25-15-20(14-22(16-28)26(30)29-23-11-4-18(2)5-12-23)8-13-24(25)34-17-19-6-9-21(10-7-19)27(31)32/h4-15H,3,17H2,1-2H3,(H,29,30)(H,31,32)/p-1/b22-14-. The van der Waals surface area contributed by atoms with Gasteiger partial charge in [-0.05, 0) is 60.9 Å². The van der Waals surface area contributed by atoms with E-state index in [0.717, 1.165) is 11.1 Å². The lowest BCUT2D eigenvalue weighted by Crippen LogP contribution is -2.22. The monoisotopic (exact) mass is 455 g/mol. The summed E-state index contributed by atoms with van der Waals surface area (Å²) in [5, 5.41) is 23.1. The fourth-order valence-corrected chi connectivity index (χ4v) is 3.05. The van der Waals surface area contributed by atoms with E-state index in [-0.39, 0.29) is 17.7 Å². The number of amides is 1. The van der Waals surface area contributed by atoms with Crippen LogP contribution in [0.15, 0.2) is 72.3 Å². The van der Waals surface area contributed by atoms with Crippen LogP contribution in [0.3, 0.4) is 0 Å². The average molecular weight is 455 g/mol. The third-order valence-corrected chi connectivity index (χ3v) is 4.84. The van der Waals surface area contributed by atoms with Crippen molar-refractivity contribution in [2.75, 3.05) is 11.9 Å². The first kappa shape index (κ1) is 24.1.